The molecule has 1 aromatic carbocycles. The molecule has 108 valence electrons. The minimum Gasteiger partial charge on any atom is -0.458 e. The number of ether oxygens (including phenoxy) is 1. The number of rotatable bonds is 3. The molecule has 0 amide bonds. The highest BCUT2D eigenvalue weighted by molar-refractivity contribution is 14.1. The molecule has 0 bridgehead atoms. The van der Waals surface area contributed by atoms with Crippen molar-refractivity contribution in [3.8, 4) is 0 Å². The fraction of sp³-hybridized carbons (Fsp3) is 0.500. The summed E-state index contributed by atoms with van der Waals surface area (Å²) in [7, 11) is 0. The molecule has 2 atom stereocenters. The maximum atomic E-state index is 12.2. The number of nitrogens with zero attached hydrogens (tertiary/aromatic N) is 1. The Morgan fingerprint density at radius 3 is 2.75 bits per heavy atom. The molecule has 5 nitrogen and oxygen atoms in total. The topological polar surface area (TPSA) is 69.4 Å². The third kappa shape index (κ3) is 3.47. The normalized spacial score (nSPS) is 22.3. The van der Waals surface area contributed by atoms with Crippen LogP contribution in [0.1, 0.15) is 43.0 Å². The quantitative estimate of drug-likeness (QED) is 0.340. The van der Waals surface area contributed by atoms with Gasteiger partial charge in [-0.15, -0.1) is 0 Å². The number of carbonyl (C=O) groups excluding carboxylic acids is 1. The minimum atomic E-state index is -0.504. The van der Waals surface area contributed by atoms with Crippen LogP contribution in [0.5, 0.6) is 0 Å². The van der Waals surface area contributed by atoms with Crippen molar-refractivity contribution in [1.29, 1.82) is 0 Å². The van der Waals surface area contributed by atoms with Gasteiger partial charge in [0.15, 0.2) is 0 Å². The Labute approximate surface area is 131 Å². The first-order chi connectivity index (χ1) is 9.49. The molecule has 0 N–H and O–H groups in total. The molecule has 0 aromatic heterocycles. The van der Waals surface area contributed by atoms with E-state index in [-0.39, 0.29) is 17.4 Å². The van der Waals surface area contributed by atoms with Gasteiger partial charge in [-0.2, -0.15) is 0 Å². The Kier molecular flexibility index (Phi) is 4.95. The standard InChI is InChI=1S/C14H16INO4/c1-9-4-2-3-5-13(9)20-14(17)11-8-10(16(18)19)6-7-12(11)15/h6-9,13H,2-5H2,1H3. The van der Waals surface area contributed by atoms with Gasteiger partial charge in [0.25, 0.3) is 5.69 Å². The van der Waals surface area contributed by atoms with Crippen molar-refractivity contribution in [2.24, 2.45) is 5.92 Å². The Hall–Kier alpha value is -1.18. The number of non-ortho nitro benzene ring substituents is 1. The van der Waals surface area contributed by atoms with Crippen molar-refractivity contribution < 1.29 is 14.5 Å². The average Bonchev–Trinajstić information content (AvgIpc) is 2.41. The fourth-order valence-corrected chi connectivity index (χ4v) is 3.00. The second-order valence-electron chi connectivity index (χ2n) is 5.13. The first-order valence-corrected chi connectivity index (χ1v) is 7.72. The van der Waals surface area contributed by atoms with Crippen LogP contribution in [0.25, 0.3) is 0 Å². The first kappa shape index (κ1) is 15.2. The number of nitro benzene ring substituents is 1. The highest BCUT2D eigenvalue weighted by atomic mass is 127. The summed E-state index contributed by atoms with van der Waals surface area (Å²) in [6.45, 7) is 2.08. The predicted molar refractivity (Wildman–Crippen MR) is 82.6 cm³/mol. The van der Waals surface area contributed by atoms with Gasteiger partial charge in [-0.1, -0.05) is 13.3 Å². The molecule has 1 saturated carbocycles. The third-order valence-electron chi connectivity index (χ3n) is 3.67. The monoisotopic (exact) mass is 389 g/mol. The van der Waals surface area contributed by atoms with Crippen LogP contribution < -0.4 is 0 Å². The molecular weight excluding hydrogens is 373 g/mol. The van der Waals surface area contributed by atoms with Gasteiger partial charge >= 0.3 is 5.97 Å². The number of halogens is 1. The summed E-state index contributed by atoms with van der Waals surface area (Å²) < 4.78 is 6.21. The smallest absolute Gasteiger partial charge is 0.339 e. The molecule has 0 radical (unpaired) electrons. The van der Waals surface area contributed by atoms with Crippen molar-refractivity contribution in [3.05, 3.63) is 37.4 Å². The Morgan fingerprint density at radius 1 is 1.40 bits per heavy atom. The molecule has 2 unspecified atom stereocenters. The largest absolute Gasteiger partial charge is 0.458 e. The van der Waals surface area contributed by atoms with Crippen molar-refractivity contribution in [2.75, 3.05) is 0 Å². The lowest BCUT2D eigenvalue weighted by molar-refractivity contribution is -0.384. The second-order valence-corrected chi connectivity index (χ2v) is 6.29. The van der Waals surface area contributed by atoms with E-state index in [9.17, 15) is 14.9 Å². The summed E-state index contributed by atoms with van der Waals surface area (Å²) in [6, 6.07) is 4.25. The summed E-state index contributed by atoms with van der Waals surface area (Å²) in [5.41, 5.74) is 0.187. The highest BCUT2D eigenvalue weighted by Gasteiger charge is 2.26. The van der Waals surface area contributed by atoms with E-state index in [1.54, 1.807) is 6.07 Å². The van der Waals surface area contributed by atoms with Crippen LogP contribution in [0.15, 0.2) is 18.2 Å². The Balaban J connectivity index is 2.16. The Morgan fingerprint density at radius 2 is 2.10 bits per heavy atom. The predicted octanol–water partition coefficient (Wildman–Crippen LogP) is 3.93. The third-order valence-corrected chi connectivity index (χ3v) is 4.61. The number of hydrogen-bond acceptors (Lipinski definition) is 4. The molecule has 6 heteroatoms. The van der Waals surface area contributed by atoms with Crippen LogP contribution in [-0.4, -0.2) is 17.0 Å². The van der Waals surface area contributed by atoms with E-state index in [1.807, 2.05) is 22.6 Å². The number of benzene rings is 1. The van der Waals surface area contributed by atoms with Crippen LogP contribution in [0.2, 0.25) is 0 Å². The Bertz CT molecular complexity index is 532. The van der Waals surface area contributed by atoms with Gasteiger partial charge in [0.1, 0.15) is 6.10 Å². The lowest BCUT2D eigenvalue weighted by Crippen LogP contribution is -2.28. The molecule has 2 rings (SSSR count). The van der Waals surface area contributed by atoms with E-state index in [0.717, 1.165) is 19.3 Å². The fourth-order valence-electron chi connectivity index (χ4n) is 2.44. The van der Waals surface area contributed by atoms with Crippen LogP contribution >= 0.6 is 22.6 Å². The van der Waals surface area contributed by atoms with E-state index in [0.29, 0.717) is 9.49 Å². The summed E-state index contributed by atoms with van der Waals surface area (Å²) in [5.74, 6) is -0.110. The molecule has 0 saturated heterocycles. The van der Waals surface area contributed by atoms with Gasteiger partial charge < -0.3 is 4.74 Å². The van der Waals surface area contributed by atoms with Crippen molar-refractivity contribution in [1.82, 2.24) is 0 Å². The van der Waals surface area contributed by atoms with E-state index >= 15 is 0 Å². The van der Waals surface area contributed by atoms with E-state index < -0.39 is 10.9 Å². The number of hydrogen-bond donors (Lipinski definition) is 0. The summed E-state index contributed by atoms with van der Waals surface area (Å²) in [6.07, 6.45) is 4.09. The number of carbonyl (C=O) groups is 1. The van der Waals surface area contributed by atoms with Gasteiger partial charge in [-0.25, -0.2) is 4.79 Å². The van der Waals surface area contributed by atoms with E-state index in [4.69, 9.17) is 4.74 Å². The highest BCUT2D eigenvalue weighted by Crippen LogP contribution is 2.28. The molecule has 1 aromatic rings. The van der Waals surface area contributed by atoms with Crippen molar-refractivity contribution >= 4 is 34.2 Å². The van der Waals surface area contributed by atoms with Crippen molar-refractivity contribution in [2.45, 2.75) is 38.7 Å². The minimum absolute atomic E-state index is 0.0775. The number of esters is 1. The van der Waals surface area contributed by atoms with Crippen LogP contribution in [-0.2, 0) is 4.74 Å². The lowest BCUT2D eigenvalue weighted by Gasteiger charge is -2.28. The molecule has 1 aliphatic rings. The second kappa shape index (κ2) is 6.51. The number of nitro groups is 1. The van der Waals surface area contributed by atoms with Gasteiger partial charge in [-0.05, 0) is 53.8 Å². The van der Waals surface area contributed by atoms with Gasteiger partial charge in [0, 0.05) is 15.7 Å². The SMILES string of the molecule is CC1CCCCC1OC(=O)c1cc([N+](=O)[O-])ccc1I. The summed E-state index contributed by atoms with van der Waals surface area (Å²) >= 11 is 1.99. The average molecular weight is 389 g/mol. The van der Waals surface area contributed by atoms with E-state index in [1.165, 1.54) is 18.6 Å². The molecule has 20 heavy (non-hydrogen) atoms. The zero-order valence-corrected chi connectivity index (χ0v) is 13.3. The molecule has 0 heterocycles. The van der Waals surface area contributed by atoms with Gasteiger partial charge in [0.05, 0.1) is 10.5 Å². The zero-order chi connectivity index (χ0) is 14.7. The zero-order valence-electron chi connectivity index (χ0n) is 11.2. The van der Waals surface area contributed by atoms with Gasteiger partial charge in [0.2, 0.25) is 0 Å². The lowest BCUT2D eigenvalue weighted by atomic mass is 9.88. The summed E-state index contributed by atoms with van der Waals surface area (Å²) in [4.78, 5) is 22.5. The molecule has 1 aliphatic carbocycles. The first-order valence-electron chi connectivity index (χ1n) is 6.64. The van der Waals surface area contributed by atoms with Crippen molar-refractivity contribution in [3.63, 3.8) is 0 Å². The molecule has 0 spiro atoms. The van der Waals surface area contributed by atoms with E-state index in [2.05, 4.69) is 6.92 Å². The maximum absolute atomic E-state index is 12.2. The van der Waals surface area contributed by atoms with Crippen LogP contribution in [0.4, 0.5) is 5.69 Å². The molecule has 1 fully saturated rings. The van der Waals surface area contributed by atoms with Gasteiger partial charge in [-0.3, -0.25) is 10.1 Å². The molecule has 0 aliphatic heterocycles. The molecular formula is C14H16INO4. The van der Waals surface area contributed by atoms with Crippen LogP contribution in [0.3, 0.4) is 0 Å². The van der Waals surface area contributed by atoms with Crippen LogP contribution in [0, 0.1) is 19.6 Å². The summed E-state index contributed by atoms with van der Waals surface area (Å²) in [5, 5.41) is 10.8. The maximum Gasteiger partial charge on any atom is 0.339 e.